The molecular formula is C22H20FN3O2S. The number of halogens is 1. The van der Waals surface area contributed by atoms with Crippen LogP contribution in [0.3, 0.4) is 0 Å². The van der Waals surface area contributed by atoms with Crippen LogP contribution in [0.2, 0.25) is 0 Å². The van der Waals surface area contributed by atoms with Gasteiger partial charge in [0, 0.05) is 22.9 Å². The molecule has 0 amide bonds. The maximum Gasteiger partial charge on any atom is 0.178 e. The van der Waals surface area contributed by atoms with Gasteiger partial charge in [0.2, 0.25) is 0 Å². The summed E-state index contributed by atoms with van der Waals surface area (Å²) in [5, 5.41) is 4.43. The van der Waals surface area contributed by atoms with Crippen LogP contribution in [0.4, 0.5) is 4.39 Å². The second-order valence-electron chi connectivity index (χ2n) is 6.71. The molecule has 0 unspecified atom stereocenters. The van der Waals surface area contributed by atoms with E-state index in [9.17, 15) is 12.8 Å². The predicted octanol–water partition coefficient (Wildman–Crippen LogP) is 4.56. The number of nitrogens with zero attached hydrogens (tertiary/aromatic N) is 3. The molecule has 0 aliphatic carbocycles. The van der Waals surface area contributed by atoms with Crippen LogP contribution in [0, 0.1) is 5.82 Å². The lowest BCUT2D eigenvalue weighted by atomic mass is 10.0. The molecule has 5 nitrogen and oxygen atoms in total. The van der Waals surface area contributed by atoms with Gasteiger partial charge in [-0.1, -0.05) is 26.0 Å². The molecule has 0 radical (unpaired) electrons. The fraction of sp³-hybridized carbons (Fsp3) is 0.182. The summed E-state index contributed by atoms with van der Waals surface area (Å²) in [4.78, 5) is 4.64. The lowest BCUT2D eigenvalue weighted by Crippen LogP contribution is -2.03. The Morgan fingerprint density at radius 2 is 1.72 bits per heavy atom. The van der Waals surface area contributed by atoms with E-state index in [2.05, 4.69) is 10.1 Å². The van der Waals surface area contributed by atoms with E-state index in [1.807, 2.05) is 13.0 Å². The quantitative estimate of drug-likeness (QED) is 0.485. The molecule has 0 aliphatic rings. The topological polar surface area (TPSA) is 64.3 Å². The highest BCUT2D eigenvalue weighted by Gasteiger charge is 2.14. The third-order valence-corrected chi connectivity index (χ3v) is 6.77. The Labute approximate surface area is 168 Å². The number of aryl methyl sites for hydroxylation is 1. The minimum atomic E-state index is -3.30. The molecular weight excluding hydrogens is 389 g/mol. The zero-order chi connectivity index (χ0) is 20.6. The minimum absolute atomic E-state index is 0.0256. The Balaban J connectivity index is 1.81. The molecule has 4 aromatic rings. The molecule has 0 spiro atoms. The van der Waals surface area contributed by atoms with E-state index in [-0.39, 0.29) is 16.5 Å². The van der Waals surface area contributed by atoms with Crippen molar-refractivity contribution in [3.05, 3.63) is 72.3 Å². The Morgan fingerprint density at radius 1 is 1.00 bits per heavy atom. The van der Waals surface area contributed by atoms with Gasteiger partial charge < -0.3 is 0 Å². The fourth-order valence-electron chi connectivity index (χ4n) is 3.32. The lowest BCUT2D eigenvalue weighted by molar-refractivity contribution is 0.597. The molecule has 2 aromatic heterocycles. The fourth-order valence-corrected chi connectivity index (χ4v) is 4.21. The van der Waals surface area contributed by atoms with Gasteiger partial charge >= 0.3 is 0 Å². The summed E-state index contributed by atoms with van der Waals surface area (Å²) >= 11 is 0. The number of fused-ring (bicyclic) bond motifs is 1. The van der Waals surface area contributed by atoms with Crippen molar-refractivity contribution in [1.29, 1.82) is 0 Å². The highest BCUT2D eigenvalue weighted by molar-refractivity contribution is 7.91. The summed E-state index contributed by atoms with van der Waals surface area (Å²) < 4.78 is 40.4. The minimum Gasteiger partial charge on any atom is -0.237 e. The monoisotopic (exact) mass is 409 g/mol. The zero-order valence-electron chi connectivity index (χ0n) is 16.1. The summed E-state index contributed by atoms with van der Waals surface area (Å²) in [6.45, 7) is 3.64. The van der Waals surface area contributed by atoms with Crippen molar-refractivity contribution in [2.75, 3.05) is 5.75 Å². The summed E-state index contributed by atoms with van der Waals surface area (Å²) in [7, 11) is -3.30. The van der Waals surface area contributed by atoms with Gasteiger partial charge in [0.15, 0.2) is 15.5 Å². The zero-order valence-corrected chi connectivity index (χ0v) is 16.9. The number of aromatic nitrogens is 3. The van der Waals surface area contributed by atoms with Crippen LogP contribution in [-0.4, -0.2) is 28.8 Å². The highest BCUT2D eigenvalue weighted by Crippen LogP contribution is 2.30. The second kappa shape index (κ2) is 7.40. The van der Waals surface area contributed by atoms with Gasteiger partial charge in [-0.2, -0.15) is 5.10 Å². The van der Waals surface area contributed by atoms with Gasteiger partial charge in [0.1, 0.15) is 5.82 Å². The third-order valence-electron chi connectivity index (χ3n) is 5.02. The number of benzene rings is 2. The van der Waals surface area contributed by atoms with Crippen molar-refractivity contribution in [3.63, 3.8) is 0 Å². The first-order valence-corrected chi connectivity index (χ1v) is 11.0. The molecule has 0 N–H and O–H groups in total. The molecule has 0 aliphatic heterocycles. The summed E-state index contributed by atoms with van der Waals surface area (Å²) in [6.07, 6.45) is 4.34. The van der Waals surface area contributed by atoms with Crippen LogP contribution in [0.15, 0.2) is 65.8 Å². The van der Waals surface area contributed by atoms with Gasteiger partial charge in [-0.05, 0) is 48.4 Å². The smallest absolute Gasteiger partial charge is 0.178 e. The first-order chi connectivity index (χ1) is 13.9. The second-order valence-corrected chi connectivity index (χ2v) is 8.99. The van der Waals surface area contributed by atoms with Gasteiger partial charge in [0.25, 0.3) is 0 Å². The number of rotatable bonds is 5. The van der Waals surface area contributed by atoms with E-state index in [4.69, 9.17) is 0 Å². The van der Waals surface area contributed by atoms with E-state index in [1.165, 1.54) is 18.2 Å². The van der Waals surface area contributed by atoms with E-state index in [1.54, 1.807) is 48.1 Å². The number of hydrogen-bond acceptors (Lipinski definition) is 4. The molecule has 0 saturated heterocycles. The molecule has 0 atom stereocenters. The average Bonchev–Trinajstić information content (AvgIpc) is 3.17. The number of sulfone groups is 1. The Hall–Kier alpha value is -3.06. The van der Waals surface area contributed by atoms with Crippen molar-refractivity contribution >= 4 is 15.5 Å². The maximum atomic E-state index is 14.6. The molecule has 148 valence electrons. The van der Waals surface area contributed by atoms with Crippen LogP contribution >= 0.6 is 0 Å². The molecule has 2 heterocycles. The van der Waals surface area contributed by atoms with Gasteiger partial charge in [-0.3, -0.25) is 0 Å². The average molecular weight is 409 g/mol. The number of hydrogen-bond donors (Lipinski definition) is 0. The van der Waals surface area contributed by atoms with Gasteiger partial charge in [0.05, 0.1) is 22.5 Å². The van der Waals surface area contributed by atoms with Crippen molar-refractivity contribution < 1.29 is 12.8 Å². The standard InChI is InChI=1S/C22H20FN3O2S/c1-3-15-14-25-26-21(11-12-24-22(15)26)17-7-10-20(23)19(13-17)16-5-8-18(9-6-16)29(27,28)4-2/h5-14H,3-4H2,1-2H3. The van der Waals surface area contributed by atoms with Gasteiger partial charge in [-0.25, -0.2) is 22.3 Å². The van der Waals surface area contributed by atoms with Crippen molar-refractivity contribution in [3.8, 4) is 22.4 Å². The molecule has 7 heteroatoms. The van der Waals surface area contributed by atoms with E-state index in [0.29, 0.717) is 11.1 Å². The van der Waals surface area contributed by atoms with Crippen LogP contribution in [0.5, 0.6) is 0 Å². The van der Waals surface area contributed by atoms with Crippen LogP contribution < -0.4 is 0 Å². The van der Waals surface area contributed by atoms with E-state index < -0.39 is 9.84 Å². The first-order valence-electron chi connectivity index (χ1n) is 9.39. The van der Waals surface area contributed by atoms with Crippen molar-refractivity contribution in [2.24, 2.45) is 0 Å². The molecule has 2 aromatic carbocycles. The predicted molar refractivity (Wildman–Crippen MR) is 111 cm³/mol. The first kappa shape index (κ1) is 19.3. The van der Waals surface area contributed by atoms with Gasteiger partial charge in [-0.15, -0.1) is 0 Å². The lowest BCUT2D eigenvalue weighted by Gasteiger charge is -2.10. The molecule has 4 rings (SSSR count). The van der Waals surface area contributed by atoms with E-state index in [0.717, 1.165) is 28.9 Å². The summed E-state index contributed by atoms with van der Waals surface area (Å²) in [6, 6.07) is 13.0. The van der Waals surface area contributed by atoms with Crippen molar-refractivity contribution in [2.45, 2.75) is 25.2 Å². The normalized spacial score (nSPS) is 11.8. The third kappa shape index (κ3) is 3.42. The Morgan fingerprint density at radius 3 is 2.41 bits per heavy atom. The van der Waals surface area contributed by atoms with Crippen LogP contribution in [-0.2, 0) is 16.3 Å². The van der Waals surface area contributed by atoms with Crippen molar-refractivity contribution in [1.82, 2.24) is 14.6 Å². The Kier molecular flexibility index (Phi) is 4.92. The molecule has 0 fully saturated rings. The van der Waals surface area contributed by atoms with Crippen LogP contribution in [0.25, 0.3) is 28.0 Å². The molecule has 0 saturated carbocycles. The summed E-state index contributed by atoms with van der Waals surface area (Å²) in [5.74, 6) is -0.349. The molecule has 29 heavy (non-hydrogen) atoms. The SMILES string of the molecule is CCc1cnn2c(-c3ccc(F)c(-c4ccc(S(=O)(=O)CC)cc4)c3)ccnc12. The Bertz CT molecular complexity index is 1300. The largest absolute Gasteiger partial charge is 0.237 e. The maximum absolute atomic E-state index is 14.6. The highest BCUT2D eigenvalue weighted by atomic mass is 32.2. The van der Waals surface area contributed by atoms with E-state index >= 15 is 0 Å². The molecule has 0 bridgehead atoms. The van der Waals surface area contributed by atoms with Crippen LogP contribution in [0.1, 0.15) is 19.4 Å². The summed E-state index contributed by atoms with van der Waals surface area (Å²) in [5.41, 5.74) is 4.44.